The standard InChI is InChI=1S/C34H30ClN3O4/c1-24(39)26-9-13-29(14-10-26)37-19-21-38(22-20-37)34(41)32(33(40)36-28-5-3-2-4-6-28)23-25-7-15-30(16-8-25)42-31-17-11-27(35)12-18-31/h2-18,23H,19-22H2,1H3,(H,36,40). The molecule has 7 nitrogen and oxygen atoms in total. The molecule has 1 fully saturated rings. The number of nitrogens with one attached hydrogen (secondary N) is 1. The molecule has 1 saturated heterocycles. The molecule has 42 heavy (non-hydrogen) atoms. The van der Waals surface area contributed by atoms with Crippen molar-refractivity contribution >= 4 is 46.6 Å². The Kier molecular flexibility index (Phi) is 8.99. The zero-order valence-corrected chi connectivity index (χ0v) is 23.9. The van der Waals surface area contributed by atoms with Crippen molar-refractivity contribution < 1.29 is 19.1 Å². The average molecular weight is 580 g/mol. The Bertz CT molecular complexity index is 1580. The molecule has 0 unspecified atom stereocenters. The molecule has 1 aliphatic rings. The van der Waals surface area contributed by atoms with Crippen LogP contribution in [0.1, 0.15) is 22.8 Å². The Hall–Kier alpha value is -4.88. The van der Waals surface area contributed by atoms with Crippen LogP contribution in [-0.4, -0.2) is 48.7 Å². The topological polar surface area (TPSA) is 79.0 Å². The molecule has 4 aromatic carbocycles. The van der Waals surface area contributed by atoms with E-state index in [1.165, 1.54) is 0 Å². The predicted molar refractivity (Wildman–Crippen MR) is 166 cm³/mol. The summed E-state index contributed by atoms with van der Waals surface area (Å²) in [5.74, 6) is 0.471. The molecule has 0 aliphatic carbocycles. The molecule has 1 heterocycles. The summed E-state index contributed by atoms with van der Waals surface area (Å²) in [7, 11) is 0. The first-order valence-electron chi connectivity index (χ1n) is 13.6. The number of rotatable bonds is 8. The highest BCUT2D eigenvalue weighted by Gasteiger charge is 2.27. The molecule has 4 aromatic rings. The molecular formula is C34H30ClN3O4. The highest BCUT2D eigenvalue weighted by atomic mass is 35.5. The maximum absolute atomic E-state index is 13.7. The van der Waals surface area contributed by atoms with E-state index in [0.29, 0.717) is 59.5 Å². The third-order valence-corrected chi connectivity index (χ3v) is 7.20. The van der Waals surface area contributed by atoms with Gasteiger partial charge in [-0.2, -0.15) is 0 Å². The fourth-order valence-corrected chi connectivity index (χ4v) is 4.75. The Balaban J connectivity index is 1.32. The van der Waals surface area contributed by atoms with Gasteiger partial charge in [0, 0.05) is 48.1 Å². The number of benzene rings is 4. The third-order valence-electron chi connectivity index (χ3n) is 6.95. The number of carbonyl (C=O) groups is 3. The van der Waals surface area contributed by atoms with Gasteiger partial charge in [0.15, 0.2) is 5.78 Å². The van der Waals surface area contributed by atoms with E-state index in [2.05, 4.69) is 10.2 Å². The first-order chi connectivity index (χ1) is 20.4. The normalized spacial score (nSPS) is 13.4. The van der Waals surface area contributed by atoms with Crippen LogP contribution < -0.4 is 15.0 Å². The van der Waals surface area contributed by atoms with Gasteiger partial charge in [-0.1, -0.05) is 41.9 Å². The van der Waals surface area contributed by atoms with E-state index < -0.39 is 5.91 Å². The summed E-state index contributed by atoms with van der Waals surface area (Å²) in [5, 5.41) is 3.48. The Morgan fingerprint density at radius 1 is 0.762 bits per heavy atom. The van der Waals surface area contributed by atoms with Crippen molar-refractivity contribution in [3.63, 3.8) is 0 Å². The van der Waals surface area contributed by atoms with Gasteiger partial charge in [-0.3, -0.25) is 14.4 Å². The number of ether oxygens (including phenoxy) is 1. The van der Waals surface area contributed by atoms with Crippen LogP contribution in [0, 0.1) is 0 Å². The number of hydrogen-bond acceptors (Lipinski definition) is 5. The van der Waals surface area contributed by atoms with Gasteiger partial charge in [-0.15, -0.1) is 0 Å². The van der Waals surface area contributed by atoms with Crippen molar-refractivity contribution in [1.82, 2.24) is 4.90 Å². The van der Waals surface area contributed by atoms with Gasteiger partial charge in [-0.25, -0.2) is 0 Å². The van der Waals surface area contributed by atoms with Gasteiger partial charge in [-0.05, 0) is 91.4 Å². The van der Waals surface area contributed by atoms with Crippen molar-refractivity contribution in [2.75, 3.05) is 36.4 Å². The summed E-state index contributed by atoms with van der Waals surface area (Å²) in [6.45, 7) is 3.67. The summed E-state index contributed by atoms with van der Waals surface area (Å²) in [5.41, 5.74) is 2.99. The van der Waals surface area contributed by atoms with Crippen LogP contribution >= 0.6 is 11.6 Å². The van der Waals surface area contributed by atoms with Crippen LogP contribution in [0.2, 0.25) is 5.02 Å². The number of halogens is 1. The minimum atomic E-state index is -0.477. The molecule has 0 saturated carbocycles. The molecule has 0 bridgehead atoms. The smallest absolute Gasteiger partial charge is 0.261 e. The van der Waals surface area contributed by atoms with Crippen LogP contribution in [0.5, 0.6) is 11.5 Å². The number of anilines is 2. The highest BCUT2D eigenvalue weighted by molar-refractivity contribution is 6.30. The molecule has 5 rings (SSSR count). The summed E-state index contributed by atoms with van der Waals surface area (Å²) < 4.78 is 5.87. The van der Waals surface area contributed by atoms with Crippen LogP contribution in [0.4, 0.5) is 11.4 Å². The van der Waals surface area contributed by atoms with Crippen LogP contribution in [0.3, 0.4) is 0 Å². The first kappa shape index (κ1) is 28.6. The second-order valence-corrected chi connectivity index (χ2v) is 10.3. The number of Topliss-reactive ketones (excluding diaryl/α,β-unsaturated/α-hetero) is 1. The molecule has 1 N–H and O–H groups in total. The summed E-state index contributed by atoms with van der Waals surface area (Å²) in [6.07, 6.45) is 1.61. The van der Waals surface area contributed by atoms with Crippen LogP contribution in [-0.2, 0) is 9.59 Å². The predicted octanol–water partition coefficient (Wildman–Crippen LogP) is 6.71. The van der Waals surface area contributed by atoms with Crippen LogP contribution in [0.25, 0.3) is 6.08 Å². The Morgan fingerprint density at radius 3 is 1.95 bits per heavy atom. The maximum Gasteiger partial charge on any atom is 0.261 e. The Morgan fingerprint density at radius 2 is 1.36 bits per heavy atom. The van der Waals surface area contributed by atoms with Gasteiger partial charge >= 0.3 is 0 Å². The molecule has 1 aliphatic heterocycles. The molecule has 0 radical (unpaired) electrons. The lowest BCUT2D eigenvalue weighted by atomic mass is 10.1. The van der Waals surface area contributed by atoms with Crippen molar-refractivity contribution in [3.8, 4) is 11.5 Å². The van der Waals surface area contributed by atoms with E-state index >= 15 is 0 Å². The van der Waals surface area contributed by atoms with Crippen molar-refractivity contribution in [1.29, 1.82) is 0 Å². The lowest BCUT2D eigenvalue weighted by Gasteiger charge is -2.36. The second kappa shape index (κ2) is 13.2. The molecule has 0 atom stereocenters. The number of ketones is 1. The minimum absolute atomic E-state index is 0.0220. The largest absolute Gasteiger partial charge is 0.457 e. The van der Waals surface area contributed by atoms with E-state index in [-0.39, 0.29) is 17.3 Å². The van der Waals surface area contributed by atoms with Gasteiger partial charge in [0.2, 0.25) is 0 Å². The SMILES string of the molecule is CC(=O)c1ccc(N2CCN(C(=O)C(=Cc3ccc(Oc4ccc(Cl)cc4)cc3)C(=O)Nc3ccccc3)CC2)cc1. The third kappa shape index (κ3) is 7.25. The summed E-state index contributed by atoms with van der Waals surface area (Å²) in [6, 6.07) is 30.8. The van der Waals surface area contributed by atoms with E-state index in [4.69, 9.17) is 16.3 Å². The molecule has 2 amide bonds. The number of piperazine rings is 1. The summed E-state index contributed by atoms with van der Waals surface area (Å²) >= 11 is 5.95. The Labute approximate surface area is 250 Å². The summed E-state index contributed by atoms with van der Waals surface area (Å²) in [4.78, 5) is 42.6. The quantitative estimate of drug-likeness (QED) is 0.109. The molecule has 8 heteroatoms. The number of para-hydroxylation sites is 1. The fourth-order valence-electron chi connectivity index (χ4n) is 4.63. The highest BCUT2D eigenvalue weighted by Crippen LogP contribution is 2.25. The molecule has 212 valence electrons. The van der Waals surface area contributed by atoms with E-state index in [1.807, 2.05) is 42.5 Å². The van der Waals surface area contributed by atoms with Gasteiger partial charge in [0.1, 0.15) is 17.1 Å². The lowest BCUT2D eigenvalue weighted by molar-refractivity contribution is -0.129. The van der Waals surface area contributed by atoms with E-state index in [1.54, 1.807) is 78.6 Å². The molecule has 0 aromatic heterocycles. The number of carbonyl (C=O) groups excluding carboxylic acids is 3. The second-order valence-electron chi connectivity index (χ2n) is 9.89. The van der Waals surface area contributed by atoms with E-state index in [9.17, 15) is 14.4 Å². The maximum atomic E-state index is 13.7. The van der Waals surface area contributed by atoms with Crippen molar-refractivity contribution in [3.05, 3.63) is 125 Å². The number of hydrogen-bond donors (Lipinski definition) is 1. The van der Waals surface area contributed by atoms with Gasteiger partial charge < -0.3 is 19.9 Å². The number of amides is 2. The number of nitrogens with zero attached hydrogens (tertiary/aromatic N) is 2. The molecule has 0 spiro atoms. The monoisotopic (exact) mass is 579 g/mol. The fraction of sp³-hybridized carbons (Fsp3) is 0.147. The minimum Gasteiger partial charge on any atom is -0.457 e. The van der Waals surface area contributed by atoms with Gasteiger partial charge in [0.25, 0.3) is 11.8 Å². The average Bonchev–Trinajstić information content (AvgIpc) is 3.02. The van der Waals surface area contributed by atoms with E-state index in [0.717, 1.165) is 5.69 Å². The van der Waals surface area contributed by atoms with Crippen molar-refractivity contribution in [2.45, 2.75) is 6.92 Å². The first-order valence-corrected chi connectivity index (χ1v) is 14.0. The van der Waals surface area contributed by atoms with Gasteiger partial charge in [0.05, 0.1) is 0 Å². The zero-order chi connectivity index (χ0) is 29.5. The lowest BCUT2D eigenvalue weighted by Crippen LogP contribution is -2.50. The molecular weight excluding hydrogens is 550 g/mol. The van der Waals surface area contributed by atoms with Crippen LogP contribution in [0.15, 0.2) is 109 Å². The van der Waals surface area contributed by atoms with Crippen molar-refractivity contribution in [2.24, 2.45) is 0 Å². The zero-order valence-electron chi connectivity index (χ0n) is 23.1.